The summed E-state index contributed by atoms with van der Waals surface area (Å²) >= 11 is 0. The van der Waals surface area contributed by atoms with Crippen molar-refractivity contribution in [3.05, 3.63) is 75.2 Å². The molecule has 2 aromatic carbocycles. The normalized spacial score (nSPS) is 11.8. The first-order valence-electron chi connectivity index (χ1n) is 8.22. The van der Waals surface area contributed by atoms with Gasteiger partial charge in [0.1, 0.15) is 0 Å². The summed E-state index contributed by atoms with van der Waals surface area (Å²) in [6, 6.07) is 11.8. The van der Waals surface area contributed by atoms with Gasteiger partial charge in [0.25, 0.3) is 11.6 Å². The van der Waals surface area contributed by atoms with E-state index in [1.54, 1.807) is 6.92 Å². The lowest BCUT2D eigenvalue weighted by Gasteiger charge is -2.11. The van der Waals surface area contributed by atoms with E-state index in [1.807, 2.05) is 31.2 Å². The van der Waals surface area contributed by atoms with Gasteiger partial charge in [0.2, 0.25) is 5.89 Å². The highest BCUT2D eigenvalue weighted by molar-refractivity contribution is 5.92. The number of nitro groups is 1. The number of nitro benzene ring substituents is 1. The van der Waals surface area contributed by atoms with E-state index in [9.17, 15) is 14.9 Å². The van der Waals surface area contributed by atoms with Crippen molar-refractivity contribution in [2.24, 2.45) is 0 Å². The SMILES string of the molecule is Cc1ccc(-c2nnc([C@H](C)OC(=O)c3cccc([N+](=O)[O-])c3C)o2)cc1. The summed E-state index contributed by atoms with van der Waals surface area (Å²) in [6.07, 6.45) is -0.803. The minimum Gasteiger partial charge on any atom is -0.449 e. The monoisotopic (exact) mass is 367 g/mol. The quantitative estimate of drug-likeness (QED) is 0.378. The third-order valence-corrected chi connectivity index (χ3v) is 4.09. The van der Waals surface area contributed by atoms with Crippen LogP contribution >= 0.6 is 0 Å². The number of ether oxygens (including phenoxy) is 1. The molecule has 0 saturated carbocycles. The van der Waals surface area contributed by atoms with Crippen LogP contribution in [0.15, 0.2) is 46.9 Å². The molecule has 0 fully saturated rings. The number of carbonyl (C=O) groups excluding carboxylic acids is 1. The Hall–Kier alpha value is -3.55. The molecule has 0 aliphatic heterocycles. The van der Waals surface area contributed by atoms with Crippen LogP contribution in [0.1, 0.15) is 40.4 Å². The van der Waals surface area contributed by atoms with Gasteiger partial charge in [-0.3, -0.25) is 10.1 Å². The molecule has 3 rings (SSSR count). The Morgan fingerprint density at radius 3 is 2.52 bits per heavy atom. The summed E-state index contributed by atoms with van der Waals surface area (Å²) in [7, 11) is 0. The molecule has 0 radical (unpaired) electrons. The van der Waals surface area contributed by atoms with Crippen LogP contribution in [0, 0.1) is 24.0 Å². The summed E-state index contributed by atoms with van der Waals surface area (Å²) in [4.78, 5) is 22.9. The highest BCUT2D eigenvalue weighted by Gasteiger charge is 2.23. The first-order valence-corrected chi connectivity index (χ1v) is 8.22. The van der Waals surface area contributed by atoms with Crippen molar-refractivity contribution < 1.29 is 18.9 Å². The molecule has 1 aromatic heterocycles. The van der Waals surface area contributed by atoms with Gasteiger partial charge in [0.05, 0.1) is 10.5 Å². The fourth-order valence-electron chi connectivity index (χ4n) is 2.53. The van der Waals surface area contributed by atoms with E-state index in [0.717, 1.165) is 11.1 Å². The maximum atomic E-state index is 12.4. The van der Waals surface area contributed by atoms with Gasteiger partial charge in [-0.1, -0.05) is 23.8 Å². The van der Waals surface area contributed by atoms with Gasteiger partial charge in [-0.15, -0.1) is 10.2 Å². The lowest BCUT2D eigenvalue weighted by atomic mass is 10.1. The molecular weight excluding hydrogens is 350 g/mol. The van der Waals surface area contributed by atoms with Gasteiger partial charge in [-0.25, -0.2) is 4.79 Å². The van der Waals surface area contributed by atoms with Gasteiger partial charge in [0, 0.05) is 17.2 Å². The second-order valence-corrected chi connectivity index (χ2v) is 6.07. The molecular formula is C19H17N3O5. The summed E-state index contributed by atoms with van der Waals surface area (Å²) in [5, 5.41) is 18.9. The average Bonchev–Trinajstić information content (AvgIpc) is 3.12. The Morgan fingerprint density at radius 1 is 1.15 bits per heavy atom. The molecule has 1 atom stereocenters. The summed E-state index contributed by atoms with van der Waals surface area (Å²) in [5.41, 5.74) is 2.08. The molecule has 0 aliphatic rings. The Labute approximate surface area is 155 Å². The largest absolute Gasteiger partial charge is 0.449 e. The lowest BCUT2D eigenvalue weighted by Crippen LogP contribution is -2.11. The van der Waals surface area contributed by atoms with E-state index in [2.05, 4.69) is 10.2 Å². The molecule has 3 aromatic rings. The minimum atomic E-state index is -0.803. The first-order chi connectivity index (χ1) is 12.9. The van der Waals surface area contributed by atoms with Crippen LogP contribution in [-0.2, 0) is 4.74 Å². The highest BCUT2D eigenvalue weighted by atomic mass is 16.6. The molecule has 0 N–H and O–H groups in total. The molecule has 8 nitrogen and oxygen atoms in total. The molecule has 8 heteroatoms. The van der Waals surface area contributed by atoms with Gasteiger partial charge in [-0.05, 0) is 39.0 Å². The van der Waals surface area contributed by atoms with Gasteiger partial charge in [-0.2, -0.15) is 0 Å². The molecule has 0 aliphatic carbocycles. The molecule has 0 unspecified atom stereocenters. The van der Waals surface area contributed by atoms with E-state index in [-0.39, 0.29) is 22.7 Å². The second kappa shape index (κ2) is 7.36. The van der Waals surface area contributed by atoms with Crippen molar-refractivity contribution in [3.63, 3.8) is 0 Å². The fourth-order valence-corrected chi connectivity index (χ4v) is 2.53. The summed E-state index contributed by atoms with van der Waals surface area (Å²) in [5.74, 6) is -0.236. The Morgan fingerprint density at radius 2 is 1.85 bits per heavy atom. The van der Waals surface area contributed by atoms with Crippen molar-refractivity contribution >= 4 is 11.7 Å². The van der Waals surface area contributed by atoms with E-state index < -0.39 is 17.0 Å². The zero-order chi connectivity index (χ0) is 19.6. The third kappa shape index (κ3) is 3.84. The number of nitrogens with zero attached hydrogens (tertiary/aromatic N) is 3. The van der Waals surface area contributed by atoms with E-state index in [0.29, 0.717) is 5.89 Å². The zero-order valence-corrected chi connectivity index (χ0v) is 15.0. The van der Waals surface area contributed by atoms with Crippen LogP contribution in [-0.4, -0.2) is 21.1 Å². The molecule has 0 saturated heterocycles. The van der Waals surface area contributed by atoms with Crippen LogP contribution in [0.4, 0.5) is 5.69 Å². The zero-order valence-electron chi connectivity index (χ0n) is 15.0. The van der Waals surface area contributed by atoms with E-state index >= 15 is 0 Å². The molecule has 1 heterocycles. The number of carbonyl (C=O) groups is 1. The van der Waals surface area contributed by atoms with E-state index in [4.69, 9.17) is 9.15 Å². The fraction of sp³-hybridized carbons (Fsp3) is 0.211. The van der Waals surface area contributed by atoms with Crippen LogP contribution in [0.25, 0.3) is 11.5 Å². The van der Waals surface area contributed by atoms with Gasteiger partial charge >= 0.3 is 5.97 Å². The number of aryl methyl sites for hydroxylation is 1. The topological polar surface area (TPSA) is 108 Å². The molecule has 0 bridgehead atoms. The molecule has 138 valence electrons. The summed E-state index contributed by atoms with van der Waals surface area (Å²) in [6.45, 7) is 5.07. The van der Waals surface area contributed by atoms with Crippen LogP contribution in [0.3, 0.4) is 0 Å². The smallest absolute Gasteiger partial charge is 0.339 e. The number of esters is 1. The van der Waals surface area contributed by atoms with Crippen molar-refractivity contribution in [2.45, 2.75) is 26.9 Å². The number of aromatic nitrogens is 2. The van der Waals surface area contributed by atoms with E-state index in [1.165, 1.54) is 25.1 Å². The Balaban J connectivity index is 1.77. The maximum absolute atomic E-state index is 12.4. The van der Waals surface area contributed by atoms with Crippen molar-refractivity contribution in [1.82, 2.24) is 10.2 Å². The predicted octanol–water partition coefficient (Wildman–Crippen LogP) is 4.18. The number of benzene rings is 2. The van der Waals surface area contributed by atoms with Crippen molar-refractivity contribution in [2.75, 3.05) is 0 Å². The highest BCUT2D eigenvalue weighted by Crippen LogP contribution is 2.26. The van der Waals surface area contributed by atoms with Crippen LogP contribution in [0.5, 0.6) is 0 Å². The molecule has 27 heavy (non-hydrogen) atoms. The van der Waals surface area contributed by atoms with Gasteiger partial charge in [0.15, 0.2) is 6.10 Å². The third-order valence-electron chi connectivity index (χ3n) is 4.09. The Bertz CT molecular complexity index is 995. The maximum Gasteiger partial charge on any atom is 0.339 e. The summed E-state index contributed by atoms with van der Waals surface area (Å²) < 4.78 is 10.9. The molecule has 0 amide bonds. The molecule has 0 spiro atoms. The minimum absolute atomic E-state index is 0.120. The standard InChI is InChI=1S/C19H17N3O5/c1-11-7-9-14(10-8-11)18-21-20-17(27-18)13(3)26-19(23)15-5-4-6-16(12(15)2)22(24)25/h4-10,13H,1-3H3/t13-/m0/s1. The predicted molar refractivity (Wildman–Crippen MR) is 96.1 cm³/mol. The first kappa shape index (κ1) is 18.2. The Kier molecular flexibility index (Phi) is 4.98. The second-order valence-electron chi connectivity index (χ2n) is 6.07. The number of hydrogen-bond acceptors (Lipinski definition) is 7. The van der Waals surface area contributed by atoms with Crippen molar-refractivity contribution in [3.8, 4) is 11.5 Å². The number of hydrogen-bond donors (Lipinski definition) is 0. The lowest BCUT2D eigenvalue weighted by molar-refractivity contribution is -0.385. The van der Waals surface area contributed by atoms with Gasteiger partial charge < -0.3 is 9.15 Å². The number of rotatable bonds is 5. The average molecular weight is 367 g/mol. The van der Waals surface area contributed by atoms with Crippen molar-refractivity contribution in [1.29, 1.82) is 0 Å². The van der Waals surface area contributed by atoms with Crippen LogP contribution in [0.2, 0.25) is 0 Å². The van der Waals surface area contributed by atoms with Crippen LogP contribution < -0.4 is 0 Å².